The van der Waals surface area contributed by atoms with Crippen LogP contribution in [0.15, 0.2) is 35.2 Å². The molecule has 0 bridgehead atoms. The largest absolute Gasteiger partial charge is 0.477 e. The second kappa shape index (κ2) is 5.19. The lowest BCUT2D eigenvalue weighted by Crippen LogP contribution is -2.01. The molecule has 0 unspecified atom stereocenters. The Balaban J connectivity index is 2.56. The molecule has 0 aliphatic carbocycles. The Bertz CT molecular complexity index is 554. The van der Waals surface area contributed by atoms with Gasteiger partial charge in [-0.2, -0.15) is 0 Å². The molecule has 0 fully saturated rings. The van der Waals surface area contributed by atoms with Gasteiger partial charge in [-0.3, -0.25) is 0 Å². The van der Waals surface area contributed by atoms with Gasteiger partial charge in [-0.15, -0.1) is 11.8 Å². The van der Waals surface area contributed by atoms with Crippen LogP contribution in [0.3, 0.4) is 0 Å². The maximum absolute atomic E-state index is 11.0. The molecule has 0 saturated carbocycles. The minimum Gasteiger partial charge on any atom is -0.477 e. The van der Waals surface area contributed by atoms with E-state index < -0.39 is 5.97 Å². The Kier molecular flexibility index (Phi) is 3.64. The van der Waals surface area contributed by atoms with Gasteiger partial charge in [0, 0.05) is 10.3 Å². The van der Waals surface area contributed by atoms with Crippen LogP contribution in [0.25, 0.3) is 10.9 Å². The molecule has 0 radical (unpaired) electrons. The molecule has 1 aromatic heterocycles. The number of hydrogen-bond donors (Lipinski definition) is 1. The van der Waals surface area contributed by atoms with Crippen molar-refractivity contribution in [1.82, 2.24) is 4.98 Å². The first kappa shape index (κ1) is 11.9. The predicted molar refractivity (Wildman–Crippen MR) is 69.7 cm³/mol. The maximum Gasteiger partial charge on any atom is 0.354 e. The first-order valence-electron chi connectivity index (χ1n) is 5.48. The van der Waals surface area contributed by atoms with Gasteiger partial charge < -0.3 is 5.11 Å². The summed E-state index contributed by atoms with van der Waals surface area (Å²) in [6.45, 7) is 2.11. The number of fused-ring (bicyclic) bond motifs is 1. The van der Waals surface area contributed by atoms with Crippen molar-refractivity contribution < 1.29 is 9.90 Å². The van der Waals surface area contributed by atoms with Crippen molar-refractivity contribution in [3.8, 4) is 0 Å². The molecule has 3 nitrogen and oxygen atoms in total. The molecule has 0 aliphatic heterocycles. The van der Waals surface area contributed by atoms with Gasteiger partial charge in [-0.1, -0.05) is 25.1 Å². The van der Waals surface area contributed by atoms with Gasteiger partial charge in [0.2, 0.25) is 0 Å². The van der Waals surface area contributed by atoms with Crippen molar-refractivity contribution in [3.63, 3.8) is 0 Å². The zero-order valence-corrected chi connectivity index (χ0v) is 10.3. The van der Waals surface area contributed by atoms with Crippen molar-refractivity contribution in [3.05, 3.63) is 36.0 Å². The van der Waals surface area contributed by atoms with E-state index in [4.69, 9.17) is 5.11 Å². The smallest absolute Gasteiger partial charge is 0.354 e. The first-order valence-corrected chi connectivity index (χ1v) is 6.47. The first-order chi connectivity index (χ1) is 8.22. The van der Waals surface area contributed by atoms with Gasteiger partial charge >= 0.3 is 5.97 Å². The second-order valence-corrected chi connectivity index (χ2v) is 4.81. The number of para-hydroxylation sites is 1. The number of aromatic carboxylic acids is 1. The topological polar surface area (TPSA) is 50.2 Å². The molecule has 88 valence electrons. The number of hydrogen-bond acceptors (Lipinski definition) is 3. The monoisotopic (exact) mass is 247 g/mol. The van der Waals surface area contributed by atoms with Crippen LogP contribution < -0.4 is 0 Å². The predicted octanol–water partition coefficient (Wildman–Crippen LogP) is 3.44. The van der Waals surface area contributed by atoms with Gasteiger partial charge in [0.1, 0.15) is 5.69 Å². The van der Waals surface area contributed by atoms with E-state index in [1.165, 1.54) is 0 Å². The van der Waals surface area contributed by atoms with Crippen LogP contribution in [0.4, 0.5) is 0 Å². The van der Waals surface area contributed by atoms with Crippen LogP contribution in [-0.2, 0) is 0 Å². The molecule has 4 heteroatoms. The lowest BCUT2D eigenvalue weighted by atomic mass is 10.2. The number of aromatic nitrogens is 1. The molecule has 1 heterocycles. The molecule has 0 spiro atoms. The van der Waals surface area contributed by atoms with E-state index in [0.717, 1.165) is 28.0 Å². The summed E-state index contributed by atoms with van der Waals surface area (Å²) in [7, 11) is 0. The van der Waals surface area contributed by atoms with Gasteiger partial charge in [0.25, 0.3) is 0 Å². The number of carbonyl (C=O) groups is 1. The molecule has 17 heavy (non-hydrogen) atoms. The number of nitrogens with zero attached hydrogens (tertiary/aromatic N) is 1. The van der Waals surface area contributed by atoms with Gasteiger partial charge in [0.15, 0.2) is 0 Å². The molecule has 1 aromatic carbocycles. The fourth-order valence-corrected chi connectivity index (χ4v) is 2.53. The van der Waals surface area contributed by atoms with Crippen LogP contribution in [-0.4, -0.2) is 21.8 Å². The van der Waals surface area contributed by atoms with Gasteiger partial charge in [-0.05, 0) is 24.3 Å². The van der Waals surface area contributed by atoms with Crippen LogP contribution in [0.1, 0.15) is 23.8 Å². The Morgan fingerprint density at radius 2 is 2.18 bits per heavy atom. The van der Waals surface area contributed by atoms with Crippen molar-refractivity contribution in [2.24, 2.45) is 0 Å². The van der Waals surface area contributed by atoms with Gasteiger partial charge in [-0.25, -0.2) is 9.78 Å². The summed E-state index contributed by atoms with van der Waals surface area (Å²) in [5.74, 6) is 0.00155. The molecule has 1 N–H and O–H groups in total. The quantitative estimate of drug-likeness (QED) is 0.841. The Hall–Kier alpha value is -1.55. The number of rotatable bonds is 4. The van der Waals surface area contributed by atoms with Crippen molar-refractivity contribution >= 4 is 28.6 Å². The van der Waals surface area contributed by atoms with Crippen molar-refractivity contribution in [2.75, 3.05) is 5.75 Å². The van der Waals surface area contributed by atoms with E-state index in [-0.39, 0.29) is 5.69 Å². The molecule has 2 rings (SSSR count). The van der Waals surface area contributed by atoms with E-state index in [1.807, 2.05) is 24.3 Å². The highest BCUT2D eigenvalue weighted by molar-refractivity contribution is 7.99. The Morgan fingerprint density at radius 1 is 1.41 bits per heavy atom. The summed E-state index contributed by atoms with van der Waals surface area (Å²) in [4.78, 5) is 16.1. The molecular formula is C13H13NO2S. The van der Waals surface area contributed by atoms with Crippen molar-refractivity contribution in [1.29, 1.82) is 0 Å². The molecule has 0 saturated heterocycles. The minimum atomic E-state index is -0.978. The molecule has 0 atom stereocenters. The molecule has 0 amide bonds. The zero-order valence-electron chi connectivity index (χ0n) is 9.51. The normalized spacial score (nSPS) is 10.6. The average molecular weight is 247 g/mol. The third kappa shape index (κ3) is 2.58. The maximum atomic E-state index is 11.0. The fourth-order valence-electron chi connectivity index (χ4n) is 1.58. The van der Waals surface area contributed by atoms with E-state index in [1.54, 1.807) is 17.8 Å². The van der Waals surface area contributed by atoms with Gasteiger partial charge in [0.05, 0.1) is 5.52 Å². The lowest BCUT2D eigenvalue weighted by Gasteiger charge is -2.06. The van der Waals surface area contributed by atoms with E-state index >= 15 is 0 Å². The van der Waals surface area contributed by atoms with E-state index in [0.29, 0.717) is 0 Å². The number of carboxylic acids is 1. The summed E-state index contributed by atoms with van der Waals surface area (Å²) in [5, 5.41) is 10.0. The lowest BCUT2D eigenvalue weighted by molar-refractivity contribution is 0.0690. The highest BCUT2D eigenvalue weighted by atomic mass is 32.2. The minimum absolute atomic E-state index is 0.113. The fraction of sp³-hybridized carbons (Fsp3) is 0.231. The van der Waals surface area contributed by atoms with E-state index in [9.17, 15) is 4.79 Å². The number of pyridine rings is 1. The van der Waals surface area contributed by atoms with Crippen molar-refractivity contribution in [2.45, 2.75) is 18.2 Å². The third-order valence-corrected chi connectivity index (χ3v) is 3.62. The number of thioether (sulfide) groups is 1. The second-order valence-electron chi connectivity index (χ2n) is 3.68. The summed E-state index contributed by atoms with van der Waals surface area (Å²) >= 11 is 1.68. The summed E-state index contributed by atoms with van der Waals surface area (Å²) in [5.41, 5.74) is 0.855. The summed E-state index contributed by atoms with van der Waals surface area (Å²) in [6.07, 6.45) is 1.06. The molecule has 2 aromatic rings. The number of benzene rings is 1. The molecular weight excluding hydrogens is 234 g/mol. The average Bonchev–Trinajstić information content (AvgIpc) is 2.35. The Morgan fingerprint density at radius 3 is 2.88 bits per heavy atom. The SMILES string of the molecule is CCCSc1cc(C(=O)O)nc2ccccc12. The molecule has 0 aliphatic rings. The van der Waals surface area contributed by atoms with E-state index in [2.05, 4.69) is 11.9 Å². The standard InChI is InChI=1S/C13H13NO2S/c1-2-7-17-12-8-11(13(15)16)14-10-6-4-3-5-9(10)12/h3-6,8H,2,7H2,1H3,(H,15,16). The summed E-state index contributed by atoms with van der Waals surface area (Å²) in [6, 6.07) is 9.30. The summed E-state index contributed by atoms with van der Waals surface area (Å²) < 4.78 is 0. The van der Waals surface area contributed by atoms with Crippen LogP contribution in [0, 0.1) is 0 Å². The highest BCUT2D eigenvalue weighted by Crippen LogP contribution is 2.28. The Labute approximate surface area is 104 Å². The highest BCUT2D eigenvalue weighted by Gasteiger charge is 2.10. The van der Waals surface area contributed by atoms with Crippen LogP contribution in [0.5, 0.6) is 0 Å². The zero-order chi connectivity index (χ0) is 12.3. The third-order valence-electron chi connectivity index (χ3n) is 2.36. The van der Waals surface area contributed by atoms with Crippen LogP contribution >= 0.6 is 11.8 Å². The number of carboxylic acid groups (broad SMARTS) is 1. The van der Waals surface area contributed by atoms with Crippen LogP contribution in [0.2, 0.25) is 0 Å².